The number of aliphatic hydroxyl groups excluding tert-OH is 1. The number of aliphatic hydroxyl groups is 1. The van der Waals surface area contributed by atoms with Gasteiger partial charge in [-0.05, 0) is 52.2 Å². The summed E-state index contributed by atoms with van der Waals surface area (Å²) in [6, 6.07) is 7.21. The highest BCUT2D eigenvalue weighted by Crippen LogP contribution is 2.19. The van der Waals surface area contributed by atoms with Gasteiger partial charge < -0.3 is 10.4 Å². The SMILES string of the molecule is Cc1ccc(C(C)NC(C)CC(C)O)c(C)c1. The lowest BCUT2D eigenvalue weighted by Crippen LogP contribution is -2.31. The molecular formula is C15H25NO. The number of hydrogen-bond acceptors (Lipinski definition) is 2. The van der Waals surface area contributed by atoms with Gasteiger partial charge in [0.05, 0.1) is 6.10 Å². The van der Waals surface area contributed by atoms with Gasteiger partial charge in [-0.15, -0.1) is 0 Å². The lowest BCUT2D eigenvalue weighted by Gasteiger charge is -2.23. The van der Waals surface area contributed by atoms with Gasteiger partial charge in [-0.2, -0.15) is 0 Å². The molecule has 0 aliphatic carbocycles. The van der Waals surface area contributed by atoms with Gasteiger partial charge in [-0.1, -0.05) is 23.8 Å². The van der Waals surface area contributed by atoms with Crippen molar-refractivity contribution < 1.29 is 5.11 Å². The monoisotopic (exact) mass is 235 g/mol. The van der Waals surface area contributed by atoms with E-state index in [1.165, 1.54) is 16.7 Å². The molecule has 0 bridgehead atoms. The first-order valence-electron chi connectivity index (χ1n) is 6.41. The van der Waals surface area contributed by atoms with Crippen LogP contribution in [0.4, 0.5) is 0 Å². The van der Waals surface area contributed by atoms with E-state index in [9.17, 15) is 5.11 Å². The quantitative estimate of drug-likeness (QED) is 0.822. The van der Waals surface area contributed by atoms with Crippen molar-refractivity contribution in [1.29, 1.82) is 0 Å². The Morgan fingerprint density at radius 2 is 1.82 bits per heavy atom. The van der Waals surface area contributed by atoms with Gasteiger partial charge in [-0.25, -0.2) is 0 Å². The van der Waals surface area contributed by atoms with Gasteiger partial charge >= 0.3 is 0 Å². The average molecular weight is 235 g/mol. The molecule has 0 amide bonds. The van der Waals surface area contributed by atoms with Crippen molar-refractivity contribution in [1.82, 2.24) is 5.32 Å². The van der Waals surface area contributed by atoms with Crippen molar-refractivity contribution in [3.8, 4) is 0 Å². The summed E-state index contributed by atoms with van der Waals surface area (Å²) in [6.07, 6.45) is 0.540. The molecule has 2 heteroatoms. The maximum atomic E-state index is 9.36. The summed E-state index contributed by atoms with van der Waals surface area (Å²) in [6.45, 7) is 10.4. The highest BCUT2D eigenvalue weighted by Gasteiger charge is 2.12. The number of aryl methyl sites for hydroxylation is 2. The van der Waals surface area contributed by atoms with E-state index in [2.05, 4.69) is 51.2 Å². The third-order valence-electron chi connectivity index (χ3n) is 3.12. The minimum atomic E-state index is -0.246. The van der Waals surface area contributed by atoms with Crippen LogP contribution >= 0.6 is 0 Å². The summed E-state index contributed by atoms with van der Waals surface area (Å²) in [7, 11) is 0. The molecule has 0 spiro atoms. The smallest absolute Gasteiger partial charge is 0.0526 e. The van der Waals surface area contributed by atoms with E-state index in [4.69, 9.17) is 0 Å². The second-order valence-electron chi connectivity index (χ2n) is 5.23. The minimum Gasteiger partial charge on any atom is -0.393 e. The van der Waals surface area contributed by atoms with Gasteiger partial charge in [0.2, 0.25) is 0 Å². The van der Waals surface area contributed by atoms with Crippen LogP contribution in [0, 0.1) is 13.8 Å². The molecule has 1 aromatic rings. The number of nitrogens with one attached hydrogen (secondary N) is 1. The molecule has 2 N–H and O–H groups in total. The molecule has 0 aromatic heterocycles. The summed E-state index contributed by atoms with van der Waals surface area (Å²) >= 11 is 0. The van der Waals surface area contributed by atoms with Crippen molar-refractivity contribution in [2.75, 3.05) is 0 Å². The van der Waals surface area contributed by atoms with E-state index in [1.54, 1.807) is 0 Å². The Hall–Kier alpha value is -0.860. The number of benzene rings is 1. The maximum absolute atomic E-state index is 9.36. The molecule has 3 atom stereocenters. The van der Waals surface area contributed by atoms with Crippen LogP contribution in [0.1, 0.15) is 49.9 Å². The second-order valence-corrected chi connectivity index (χ2v) is 5.23. The van der Waals surface area contributed by atoms with E-state index in [1.807, 2.05) is 6.92 Å². The van der Waals surface area contributed by atoms with Crippen molar-refractivity contribution in [2.24, 2.45) is 0 Å². The number of rotatable bonds is 5. The van der Waals surface area contributed by atoms with Crippen LogP contribution in [0.5, 0.6) is 0 Å². The lowest BCUT2D eigenvalue weighted by atomic mass is 9.99. The van der Waals surface area contributed by atoms with Crippen LogP contribution in [0.2, 0.25) is 0 Å². The van der Waals surface area contributed by atoms with E-state index >= 15 is 0 Å². The van der Waals surface area contributed by atoms with Gasteiger partial charge in [0, 0.05) is 12.1 Å². The lowest BCUT2D eigenvalue weighted by molar-refractivity contribution is 0.168. The first kappa shape index (κ1) is 14.2. The molecule has 0 aliphatic heterocycles. The highest BCUT2D eigenvalue weighted by molar-refractivity contribution is 5.32. The summed E-state index contributed by atoms with van der Waals surface area (Å²) < 4.78 is 0. The van der Waals surface area contributed by atoms with E-state index in [0.29, 0.717) is 12.1 Å². The van der Waals surface area contributed by atoms with Crippen molar-refractivity contribution in [3.05, 3.63) is 34.9 Å². The van der Waals surface area contributed by atoms with Crippen LogP contribution < -0.4 is 5.32 Å². The molecule has 0 aliphatic rings. The Balaban J connectivity index is 2.66. The Bertz CT molecular complexity index is 360. The van der Waals surface area contributed by atoms with E-state index in [-0.39, 0.29) is 6.10 Å². The fourth-order valence-electron chi connectivity index (χ4n) is 2.41. The van der Waals surface area contributed by atoms with Crippen LogP contribution in [0.25, 0.3) is 0 Å². The third kappa shape index (κ3) is 4.49. The van der Waals surface area contributed by atoms with Gasteiger partial charge in [0.1, 0.15) is 0 Å². The molecule has 0 fully saturated rings. The zero-order valence-electron chi connectivity index (χ0n) is 11.6. The molecule has 0 radical (unpaired) electrons. The zero-order chi connectivity index (χ0) is 13.0. The average Bonchev–Trinajstić information content (AvgIpc) is 2.15. The standard InChI is InChI=1S/C15H25NO/c1-10-6-7-15(11(2)8-10)14(5)16-12(3)9-13(4)17/h6-8,12-14,16-17H,9H2,1-5H3. The molecule has 0 saturated carbocycles. The third-order valence-corrected chi connectivity index (χ3v) is 3.12. The predicted octanol–water partition coefficient (Wildman–Crippen LogP) is 3.11. The van der Waals surface area contributed by atoms with Crippen LogP contribution in [0.3, 0.4) is 0 Å². The fraction of sp³-hybridized carbons (Fsp3) is 0.600. The Morgan fingerprint density at radius 3 is 2.35 bits per heavy atom. The summed E-state index contributed by atoms with van der Waals surface area (Å²) in [5.41, 5.74) is 3.97. The maximum Gasteiger partial charge on any atom is 0.0526 e. The summed E-state index contributed by atoms with van der Waals surface area (Å²) in [5, 5.41) is 12.9. The Kier molecular flexibility index (Phi) is 5.16. The largest absolute Gasteiger partial charge is 0.393 e. The molecule has 3 unspecified atom stereocenters. The Labute approximate surface area is 105 Å². The molecule has 2 nitrogen and oxygen atoms in total. The van der Waals surface area contributed by atoms with Gasteiger partial charge in [0.25, 0.3) is 0 Å². The van der Waals surface area contributed by atoms with Crippen LogP contribution in [0.15, 0.2) is 18.2 Å². The van der Waals surface area contributed by atoms with Crippen molar-refractivity contribution >= 4 is 0 Å². The molecule has 0 heterocycles. The molecule has 17 heavy (non-hydrogen) atoms. The van der Waals surface area contributed by atoms with Gasteiger partial charge in [-0.3, -0.25) is 0 Å². The fourth-order valence-corrected chi connectivity index (χ4v) is 2.41. The first-order chi connectivity index (χ1) is 7.90. The minimum absolute atomic E-state index is 0.246. The van der Waals surface area contributed by atoms with Crippen LogP contribution in [-0.2, 0) is 0 Å². The first-order valence-corrected chi connectivity index (χ1v) is 6.41. The second kappa shape index (κ2) is 6.18. The molecule has 1 aromatic carbocycles. The summed E-state index contributed by atoms with van der Waals surface area (Å²) in [4.78, 5) is 0. The van der Waals surface area contributed by atoms with Crippen molar-refractivity contribution in [2.45, 2.75) is 59.2 Å². The molecule has 1 rings (SSSR count). The highest BCUT2D eigenvalue weighted by atomic mass is 16.3. The van der Waals surface area contributed by atoms with Crippen molar-refractivity contribution in [3.63, 3.8) is 0 Å². The normalized spacial score (nSPS) is 16.6. The Morgan fingerprint density at radius 1 is 1.18 bits per heavy atom. The number of hydrogen-bond donors (Lipinski definition) is 2. The van der Waals surface area contributed by atoms with E-state index in [0.717, 1.165) is 6.42 Å². The van der Waals surface area contributed by atoms with Gasteiger partial charge in [0.15, 0.2) is 0 Å². The predicted molar refractivity (Wildman–Crippen MR) is 73.2 cm³/mol. The topological polar surface area (TPSA) is 32.3 Å². The zero-order valence-corrected chi connectivity index (χ0v) is 11.6. The van der Waals surface area contributed by atoms with Crippen LogP contribution in [-0.4, -0.2) is 17.3 Å². The van der Waals surface area contributed by atoms with E-state index < -0.39 is 0 Å². The summed E-state index contributed by atoms with van der Waals surface area (Å²) in [5.74, 6) is 0. The molecule has 96 valence electrons. The molecule has 0 saturated heterocycles. The molecular weight excluding hydrogens is 210 g/mol.